The highest BCUT2D eigenvalue weighted by atomic mass is 32.2. The first-order valence-corrected chi connectivity index (χ1v) is 3.17. The molecule has 3 heteroatoms. The molecule has 1 heterocycles. The van der Waals surface area contributed by atoms with Gasteiger partial charge in [0.2, 0.25) is 0 Å². The van der Waals surface area contributed by atoms with E-state index in [1.165, 1.54) is 11.9 Å². The summed E-state index contributed by atoms with van der Waals surface area (Å²) in [5.74, 6) is 0.722. The zero-order chi connectivity index (χ0) is 5.82. The van der Waals surface area contributed by atoms with Crippen molar-refractivity contribution in [2.75, 3.05) is 5.75 Å². The SMILES string of the molecule is O=CC1=CC=NSC1. The van der Waals surface area contributed by atoms with E-state index in [1.807, 2.05) is 0 Å². The third-order valence-electron chi connectivity index (χ3n) is 0.807. The zero-order valence-electron chi connectivity index (χ0n) is 4.20. The molecule has 2 nitrogen and oxygen atoms in total. The van der Waals surface area contributed by atoms with E-state index in [0.717, 1.165) is 17.6 Å². The number of rotatable bonds is 1. The van der Waals surface area contributed by atoms with Crippen LogP contribution < -0.4 is 0 Å². The maximum atomic E-state index is 10.0. The van der Waals surface area contributed by atoms with Crippen LogP contribution in [0.15, 0.2) is 16.0 Å². The quantitative estimate of drug-likeness (QED) is 0.386. The summed E-state index contributed by atoms with van der Waals surface area (Å²) in [6.07, 6.45) is 4.22. The second kappa shape index (κ2) is 2.67. The summed E-state index contributed by atoms with van der Waals surface area (Å²) in [4.78, 5) is 10.0. The fourth-order valence-corrected chi connectivity index (χ4v) is 0.937. The Balaban J connectivity index is 2.63. The normalized spacial score (nSPS) is 17.8. The second-order valence-corrected chi connectivity index (χ2v) is 2.15. The first kappa shape index (κ1) is 5.56. The van der Waals surface area contributed by atoms with Gasteiger partial charge in [-0.25, -0.2) is 4.40 Å². The molecule has 0 unspecified atom stereocenters. The average molecular weight is 127 g/mol. The molecular weight excluding hydrogens is 122 g/mol. The number of hydrogen-bond acceptors (Lipinski definition) is 3. The monoisotopic (exact) mass is 127 g/mol. The fourth-order valence-electron chi connectivity index (χ4n) is 0.402. The first-order valence-electron chi connectivity index (χ1n) is 2.23. The minimum absolute atomic E-state index is 0.722. The maximum Gasteiger partial charge on any atom is 0.146 e. The van der Waals surface area contributed by atoms with Gasteiger partial charge in [0.25, 0.3) is 0 Å². The molecule has 0 N–H and O–H groups in total. The van der Waals surface area contributed by atoms with Crippen LogP contribution in [0.5, 0.6) is 0 Å². The number of carbonyl (C=O) groups excluding carboxylic acids is 1. The summed E-state index contributed by atoms with van der Waals surface area (Å²) < 4.78 is 3.83. The maximum absolute atomic E-state index is 10.0. The molecule has 0 bridgehead atoms. The Kier molecular flexibility index (Phi) is 1.86. The molecule has 0 spiro atoms. The predicted octanol–water partition coefficient (Wildman–Crippen LogP) is 0.844. The van der Waals surface area contributed by atoms with Gasteiger partial charge in [-0.2, -0.15) is 0 Å². The lowest BCUT2D eigenvalue weighted by Gasteiger charge is -1.96. The van der Waals surface area contributed by atoms with Crippen LogP contribution in [0.4, 0.5) is 0 Å². The Morgan fingerprint density at radius 2 is 2.75 bits per heavy atom. The van der Waals surface area contributed by atoms with Gasteiger partial charge >= 0.3 is 0 Å². The zero-order valence-corrected chi connectivity index (χ0v) is 5.02. The third-order valence-corrected chi connectivity index (χ3v) is 1.54. The second-order valence-electron chi connectivity index (χ2n) is 1.39. The van der Waals surface area contributed by atoms with Crippen LogP contribution in [0, 0.1) is 0 Å². The van der Waals surface area contributed by atoms with Crippen LogP contribution >= 0.6 is 11.9 Å². The van der Waals surface area contributed by atoms with E-state index >= 15 is 0 Å². The van der Waals surface area contributed by atoms with Crippen LogP contribution in [-0.2, 0) is 4.79 Å². The molecule has 1 rings (SSSR count). The number of nitrogens with zero attached hydrogens (tertiary/aromatic N) is 1. The lowest BCUT2D eigenvalue weighted by Crippen LogP contribution is -1.91. The van der Waals surface area contributed by atoms with Gasteiger partial charge in [0, 0.05) is 17.5 Å². The molecule has 1 aliphatic heterocycles. The van der Waals surface area contributed by atoms with Gasteiger partial charge < -0.3 is 0 Å². The number of carbonyl (C=O) groups is 1. The highest BCUT2D eigenvalue weighted by Gasteiger charge is 1.95. The van der Waals surface area contributed by atoms with E-state index in [1.54, 1.807) is 12.3 Å². The third kappa shape index (κ3) is 1.20. The van der Waals surface area contributed by atoms with Crippen LogP contribution in [-0.4, -0.2) is 18.3 Å². The van der Waals surface area contributed by atoms with Crippen molar-refractivity contribution in [1.29, 1.82) is 0 Å². The minimum Gasteiger partial charge on any atom is -0.298 e. The van der Waals surface area contributed by atoms with Crippen molar-refractivity contribution in [3.05, 3.63) is 11.6 Å². The van der Waals surface area contributed by atoms with E-state index in [9.17, 15) is 4.79 Å². The highest BCUT2D eigenvalue weighted by molar-refractivity contribution is 7.98. The number of hydrogen-bond donors (Lipinski definition) is 0. The van der Waals surface area contributed by atoms with Crippen LogP contribution in [0.2, 0.25) is 0 Å². The summed E-state index contributed by atoms with van der Waals surface area (Å²) in [5.41, 5.74) is 0.810. The summed E-state index contributed by atoms with van der Waals surface area (Å²) >= 11 is 1.40. The molecule has 0 aromatic carbocycles. The van der Waals surface area contributed by atoms with Gasteiger partial charge in [-0.3, -0.25) is 4.79 Å². The Hall–Kier alpha value is -0.570. The van der Waals surface area contributed by atoms with Crippen molar-refractivity contribution >= 4 is 24.4 Å². The predicted molar refractivity (Wildman–Crippen MR) is 35.1 cm³/mol. The Labute approximate surface area is 51.8 Å². The van der Waals surface area contributed by atoms with Crippen molar-refractivity contribution in [3.8, 4) is 0 Å². The largest absolute Gasteiger partial charge is 0.298 e. The Morgan fingerprint density at radius 1 is 1.88 bits per heavy atom. The lowest BCUT2D eigenvalue weighted by atomic mass is 10.3. The molecule has 0 aromatic rings. The van der Waals surface area contributed by atoms with Crippen LogP contribution in [0.3, 0.4) is 0 Å². The molecule has 0 amide bonds. The van der Waals surface area contributed by atoms with Gasteiger partial charge in [-0.15, -0.1) is 0 Å². The van der Waals surface area contributed by atoms with Crippen molar-refractivity contribution in [2.45, 2.75) is 0 Å². The van der Waals surface area contributed by atoms with Gasteiger partial charge in [0.1, 0.15) is 6.29 Å². The Morgan fingerprint density at radius 3 is 3.12 bits per heavy atom. The van der Waals surface area contributed by atoms with Gasteiger partial charge in [-0.1, -0.05) is 0 Å². The van der Waals surface area contributed by atoms with E-state index in [0.29, 0.717) is 0 Å². The molecule has 0 aliphatic carbocycles. The summed E-state index contributed by atoms with van der Waals surface area (Å²) in [7, 11) is 0. The van der Waals surface area contributed by atoms with Crippen molar-refractivity contribution in [1.82, 2.24) is 0 Å². The lowest BCUT2D eigenvalue weighted by molar-refractivity contribution is -0.104. The Bertz CT molecular complexity index is 151. The molecule has 1 aliphatic rings. The number of allylic oxidation sites excluding steroid dienone is 1. The van der Waals surface area contributed by atoms with Crippen molar-refractivity contribution in [3.63, 3.8) is 0 Å². The average Bonchev–Trinajstić information content (AvgIpc) is 1.90. The molecule has 0 saturated heterocycles. The standard InChI is InChI=1S/C5H5NOS/c7-3-5-1-2-6-8-4-5/h1-3H,4H2. The van der Waals surface area contributed by atoms with Crippen LogP contribution in [0.1, 0.15) is 0 Å². The highest BCUT2D eigenvalue weighted by Crippen LogP contribution is 2.09. The van der Waals surface area contributed by atoms with Gasteiger partial charge in [0.05, 0.1) is 0 Å². The van der Waals surface area contributed by atoms with Crippen LogP contribution in [0.25, 0.3) is 0 Å². The summed E-state index contributed by atoms with van der Waals surface area (Å²) in [5, 5.41) is 0. The molecular formula is C5H5NOS. The smallest absolute Gasteiger partial charge is 0.146 e. The molecule has 0 radical (unpaired) electrons. The van der Waals surface area contributed by atoms with E-state index < -0.39 is 0 Å². The molecule has 42 valence electrons. The van der Waals surface area contributed by atoms with Gasteiger partial charge in [0.15, 0.2) is 0 Å². The van der Waals surface area contributed by atoms with E-state index in [4.69, 9.17) is 0 Å². The van der Waals surface area contributed by atoms with Crippen molar-refractivity contribution in [2.24, 2.45) is 4.40 Å². The fraction of sp³-hybridized carbons (Fsp3) is 0.200. The molecule has 0 fully saturated rings. The topological polar surface area (TPSA) is 29.4 Å². The molecule has 0 saturated carbocycles. The first-order chi connectivity index (χ1) is 3.93. The summed E-state index contributed by atoms with van der Waals surface area (Å²) in [6.45, 7) is 0. The number of aldehydes is 1. The van der Waals surface area contributed by atoms with E-state index in [2.05, 4.69) is 4.40 Å². The van der Waals surface area contributed by atoms with Crippen molar-refractivity contribution < 1.29 is 4.79 Å². The molecule has 0 aromatic heterocycles. The van der Waals surface area contributed by atoms with E-state index in [-0.39, 0.29) is 0 Å². The summed E-state index contributed by atoms with van der Waals surface area (Å²) in [6, 6.07) is 0. The van der Waals surface area contributed by atoms with Gasteiger partial charge in [-0.05, 0) is 18.0 Å². The molecule has 0 atom stereocenters. The molecule has 8 heavy (non-hydrogen) atoms. The minimum atomic E-state index is 0.722.